The highest BCUT2D eigenvalue weighted by Gasteiger charge is 2.29. The van der Waals surface area contributed by atoms with Gasteiger partial charge in [-0.3, -0.25) is 0 Å². The van der Waals surface area contributed by atoms with Crippen molar-refractivity contribution in [2.24, 2.45) is 0 Å². The number of hydrogen-bond acceptors (Lipinski definition) is 4. The van der Waals surface area contributed by atoms with E-state index in [4.69, 9.17) is 4.74 Å². The second-order valence-electron chi connectivity index (χ2n) is 7.50. The SMILES string of the molecule is O=C(NCC(O)C(O)c1c(F)cc(Br)cc1Br)OCC1c2ccccc2-c2ccccc21. The molecule has 32 heavy (non-hydrogen) atoms. The summed E-state index contributed by atoms with van der Waals surface area (Å²) in [4.78, 5) is 12.3. The molecule has 3 aromatic rings. The van der Waals surface area contributed by atoms with Crippen molar-refractivity contribution in [1.82, 2.24) is 5.32 Å². The molecule has 0 fully saturated rings. The van der Waals surface area contributed by atoms with Gasteiger partial charge < -0.3 is 20.3 Å². The van der Waals surface area contributed by atoms with Crippen molar-refractivity contribution in [1.29, 1.82) is 0 Å². The van der Waals surface area contributed by atoms with Gasteiger partial charge in [-0.05, 0) is 34.4 Å². The van der Waals surface area contributed by atoms with E-state index >= 15 is 0 Å². The third-order valence-electron chi connectivity index (χ3n) is 5.50. The minimum absolute atomic E-state index is 0.0866. The Bertz CT molecular complexity index is 1090. The average molecular weight is 565 g/mol. The Hall–Kier alpha value is -2.26. The van der Waals surface area contributed by atoms with Crippen LogP contribution in [0.5, 0.6) is 0 Å². The van der Waals surface area contributed by atoms with Crippen LogP contribution in [-0.2, 0) is 4.74 Å². The summed E-state index contributed by atoms with van der Waals surface area (Å²) in [5, 5.41) is 23.0. The van der Waals surface area contributed by atoms with E-state index in [0.29, 0.717) is 8.95 Å². The van der Waals surface area contributed by atoms with Crippen molar-refractivity contribution in [2.45, 2.75) is 18.1 Å². The molecule has 0 saturated carbocycles. The summed E-state index contributed by atoms with van der Waals surface area (Å²) >= 11 is 6.34. The summed E-state index contributed by atoms with van der Waals surface area (Å²) < 4.78 is 20.4. The quantitative estimate of drug-likeness (QED) is 0.380. The van der Waals surface area contributed by atoms with E-state index in [1.165, 1.54) is 6.07 Å². The van der Waals surface area contributed by atoms with Crippen LogP contribution in [-0.4, -0.2) is 35.6 Å². The maximum Gasteiger partial charge on any atom is 0.407 e. The number of aliphatic hydroxyl groups excluding tert-OH is 2. The fourth-order valence-electron chi connectivity index (χ4n) is 3.98. The average Bonchev–Trinajstić information content (AvgIpc) is 3.09. The van der Waals surface area contributed by atoms with Crippen LogP contribution in [0.2, 0.25) is 0 Å². The van der Waals surface area contributed by atoms with Crippen LogP contribution in [0.15, 0.2) is 69.6 Å². The van der Waals surface area contributed by atoms with Gasteiger partial charge in [0.15, 0.2) is 0 Å². The third kappa shape index (κ3) is 4.59. The van der Waals surface area contributed by atoms with E-state index in [1.807, 2.05) is 48.5 Å². The second-order valence-corrected chi connectivity index (χ2v) is 9.27. The van der Waals surface area contributed by atoms with Crippen molar-refractivity contribution in [3.05, 3.63) is 92.1 Å². The van der Waals surface area contributed by atoms with E-state index in [9.17, 15) is 19.4 Å². The molecule has 2 atom stereocenters. The molecule has 2 unspecified atom stereocenters. The number of benzene rings is 3. The number of carbonyl (C=O) groups excluding carboxylic acids is 1. The molecule has 0 radical (unpaired) electrons. The topological polar surface area (TPSA) is 78.8 Å². The number of hydrogen-bond donors (Lipinski definition) is 3. The van der Waals surface area contributed by atoms with Gasteiger partial charge in [0, 0.05) is 27.0 Å². The van der Waals surface area contributed by atoms with E-state index in [2.05, 4.69) is 37.2 Å². The fourth-order valence-corrected chi connectivity index (χ4v) is 5.38. The van der Waals surface area contributed by atoms with Crippen molar-refractivity contribution in [3.63, 3.8) is 0 Å². The molecule has 0 aromatic heterocycles. The van der Waals surface area contributed by atoms with Gasteiger partial charge in [-0.15, -0.1) is 0 Å². The molecule has 3 N–H and O–H groups in total. The zero-order valence-corrected chi connectivity index (χ0v) is 19.9. The largest absolute Gasteiger partial charge is 0.449 e. The maximum atomic E-state index is 14.2. The minimum Gasteiger partial charge on any atom is -0.449 e. The number of rotatable bonds is 6. The maximum absolute atomic E-state index is 14.2. The van der Waals surface area contributed by atoms with Gasteiger partial charge in [0.05, 0.1) is 0 Å². The molecule has 1 amide bonds. The number of aliphatic hydroxyl groups is 2. The molecule has 0 saturated heterocycles. The summed E-state index contributed by atoms with van der Waals surface area (Å²) in [6.07, 6.45) is -3.69. The normalized spacial score (nSPS) is 14.4. The minimum atomic E-state index is -1.54. The molecule has 8 heteroatoms. The Balaban J connectivity index is 1.36. The number of fused-ring (bicyclic) bond motifs is 3. The zero-order chi connectivity index (χ0) is 22.8. The van der Waals surface area contributed by atoms with Crippen LogP contribution in [0.3, 0.4) is 0 Å². The van der Waals surface area contributed by atoms with Crippen molar-refractivity contribution < 1.29 is 24.1 Å². The molecule has 0 spiro atoms. The fraction of sp³-hybridized carbons (Fsp3) is 0.208. The Morgan fingerprint density at radius 2 is 1.62 bits per heavy atom. The van der Waals surface area contributed by atoms with Crippen molar-refractivity contribution in [3.8, 4) is 11.1 Å². The van der Waals surface area contributed by atoms with Gasteiger partial charge in [0.25, 0.3) is 0 Å². The lowest BCUT2D eigenvalue weighted by Gasteiger charge is -2.21. The summed E-state index contributed by atoms with van der Waals surface area (Å²) in [5.74, 6) is -0.768. The van der Waals surface area contributed by atoms with Crippen LogP contribution in [0.25, 0.3) is 11.1 Å². The first-order valence-corrected chi connectivity index (χ1v) is 11.5. The van der Waals surface area contributed by atoms with Crippen LogP contribution in [0.1, 0.15) is 28.7 Å². The highest BCUT2D eigenvalue weighted by atomic mass is 79.9. The second kappa shape index (κ2) is 9.70. The Kier molecular flexibility index (Phi) is 6.95. The van der Waals surface area contributed by atoms with Crippen LogP contribution < -0.4 is 5.32 Å². The first kappa shape index (κ1) is 22.9. The molecule has 5 nitrogen and oxygen atoms in total. The molecular formula is C24H20Br2FNO4. The van der Waals surface area contributed by atoms with Gasteiger partial charge in [0.1, 0.15) is 24.6 Å². The van der Waals surface area contributed by atoms with Gasteiger partial charge >= 0.3 is 6.09 Å². The van der Waals surface area contributed by atoms with Gasteiger partial charge in [-0.2, -0.15) is 0 Å². The van der Waals surface area contributed by atoms with Crippen LogP contribution in [0.4, 0.5) is 9.18 Å². The van der Waals surface area contributed by atoms with Gasteiger partial charge in [0.2, 0.25) is 0 Å². The van der Waals surface area contributed by atoms with Crippen LogP contribution >= 0.6 is 31.9 Å². The molecule has 166 valence electrons. The van der Waals surface area contributed by atoms with Crippen LogP contribution in [0, 0.1) is 5.82 Å². The Morgan fingerprint density at radius 3 is 2.22 bits per heavy atom. The first-order chi connectivity index (χ1) is 15.4. The monoisotopic (exact) mass is 563 g/mol. The number of alkyl carbamates (subject to hydrolysis) is 1. The third-order valence-corrected chi connectivity index (χ3v) is 6.62. The molecule has 3 aromatic carbocycles. The molecule has 1 aliphatic rings. The number of carbonyl (C=O) groups is 1. The number of amides is 1. The van der Waals surface area contributed by atoms with Crippen molar-refractivity contribution >= 4 is 38.0 Å². The zero-order valence-electron chi connectivity index (χ0n) is 16.8. The molecule has 0 heterocycles. The van der Waals surface area contributed by atoms with E-state index < -0.39 is 24.1 Å². The number of halogens is 3. The summed E-state index contributed by atoms with van der Waals surface area (Å²) in [7, 11) is 0. The highest BCUT2D eigenvalue weighted by Crippen LogP contribution is 2.44. The summed E-state index contributed by atoms with van der Waals surface area (Å²) in [5.41, 5.74) is 4.34. The molecular weight excluding hydrogens is 545 g/mol. The molecule has 0 bridgehead atoms. The lowest BCUT2D eigenvalue weighted by atomic mass is 9.98. The molecule has 1 aliphatic carbocycles. The Labute approximate surface area is 201 Å². The van der Waals surface area contributed by atoms with E-state index in [-0.39, 0.29) is 24.6 Å². The molecule has 4 rings (SSSR count). The highest BCUT2D eigenvalue weighted by molar-refractivity contribution is 9.11. The Morgan fingerprint density at radius 1 is 1.03 bits per heavy atom. The molecule has 0 aliphatic heterocycles. The first-order valence-electron chi connectivity index (χ1n) is 9.96. The summed E-state index contributed by atoms with van der Waals surface area (Å²) in [6.45, 7) is -0.175. The number of nitrogens with one attached hydrogen (secondary N) is 1. The predicted molar refractivity (Wildman–Crippen MR) is 126 cm³/mol. The lowest BCUT2D eigenvalue weighted by molar-refractivity contribution is 0.0161. The smallest absolute Gasteiger partial charge is 0.407 e. The lowest BCUT2D eigenvalue weighted by Crippen LogP contribution is -2.36. The van der Waals surface area contributed by atoms with Gasteiger partial charge in [-0.25, -0.2) is 9.18 Å². The standard InChI is InChI=1S/C24H20Br2FNO4/c25-13-9-19(26)22(20(27)10-13)23(30)21(29)11-28-24(31)32-12-18-16-7-3-1-5-14(16)15-6-2-4-8-17(15)18/h1-10,18,21,23,29-30H,11-12H2,(H,28,31). The number of ether oxygens (including phenoxy) is 1. The summed E-state index contributed by atoms with van der Waals surface area (Å²) in [6, 6.07) is 18.7. The van der Waals surface area contributed by atoms with E-state index in [1.54, 1.807) is 6.07 Å². The van der Waals surface area contributed by atoms with E-state index in [0.717, 1.165) is 22.3 Å². The van der Waals surface area contributed by atoms with Gasteiger partial charge in [-0.1, -0.05) is 80.4 Å². The van der Waals surface area contributed by atoms with Crippen molar-refractivity contribution in [2.75, 3.05) is 13.2 Å². The predicted octanol–water partition coefficient (Wildman–Crippen LogP) is 5.28.